The van der Waals surface area contributed by atoms with Gasteiger partial charge in [0.05, 0.1) is 10.4 Å². The topological polar surface area (TPSA) is 54.3 Å². The molecule has 3 heterocycles. The number of likely N-dealkylation sites (N-methyl/N-ethyl adjacent to an activating group) is 1. The van der Waals surface area contributed by atoms with Crippen LogP contribution in [0.2, 0.25) is 0 Å². The molecule has 22 heavy (non-hydrogen) atoms. The van der Waals surface area contributed by atoms with E-state index < -0.39 is 0 Å². The highest BCUT2D eigenvalue weighted by Crippen LogP contribution is 2.33. The summed E-state index contributed by atoms with van der Waals surface area (Å²) in [5.74, 6) is 0.216. The lowest BCUT2D eigenvalue weighted by molar-refractivity contribution is -0.133. The molecule has 0 aliphatic carbocycles. The maximum Gasteiger partial charge on any atom is 0.245 e. The third kappa shape index (κ3) is 2.47. The van der Waals surface area contributed by atoms with Crippen LogP contribution >= 0.6 is 11.3 Å². The summed E-state index contributed by atoms with van der Waals surface area (Å²) in [6, 6.07) is -0.0764. The highest BCUT2D eigenvalue weighted by molar-refractivity contribution is 7.22. The first-order chi connectivity index (χ1) is 10.5. The molecule has 0 saturated carbocycles. The minimum absolute atomic E-state index is 0.0764. The van der Waals surface area contributed by atoms with E-state index in [0.717, 1.165) is 53.5 Å². The zero-order valence-electron chi connectivity index (χ0n) is 13.7. The molecule has 1 aliphatic rings. The first-order valence-corrected chi connectivity index (χ1v) is 8.66. The summed E-state index contributed by atoms with van der Waals surface area (Å²) in [5.41, 5.74) is 1.92. The Hall–Kier alpha value is -1.63. The Bertz CT molecular complexity index is 657. The summed E-state index contributed by atoms with van der Waals surface area (Å²) in [4.78, 5) is 21.3. The molecule has 0 spiro atoms. The van der Waals surface area contributed by atoms with E-state index >= 15 is 0 Å². The molecule has 1 saturated heterocycles. The minimum atomic E-state index is -0.0764. The Morgan fingerprint density at radius 2 is 2.09 bits per heavy atom. The van der Waals surface area contributed by atoms with Crippen molar-refractivity contribution in [3.8, 4) is 0 Å². The van der Waals surface area contributed by atoms with Crippen LogP contribution in [-0.2, 0) is 11.8 Å². The van der Waals surface area contributed by atoms with Gasteiger partial charge in [0.2, 0.25) is 5.91 Å². The molecule has 120 valence electrons. The summed E-state index contributed by atoms with van der Waals surface area (Å²) in [7, 11) is 3.81. The number of amides is 1. The quantitative estimate of drug-likeness (QED) is 0.866. The van der Waals surface area contributed by atoms with Gasteiger partial charge in [-0.2, -0.15) is 5.10 Å². The van der Waals surface area contributed by atoms with Gasteiger partial charge >= 0.3 is 0 Å². The molecule has 2 aromatic rings. The van der Waals surface area contributed by atoms with Crippen LogP contribution in [0, 0.1) is 6.92 Å². The van der Waals surface area contributed by atoms with Crippen molar-refractivity contribution in [1.29, 1.82) is 0 Å². The SMILES string of the molecule is CCCC[C@H]1C(=O)N(C)CCN1c1nc2c(s1)c(C)nn2C. The molecule has 6 nitrogen and oxygen atoms in total. The molecule has 0 bridgehead atoms. The Balaban J connectivity index is 1.95. The fraction of sp³-hybridized carbons (Fsp3) is 0.667. The smallest absolute Gasteiger partial charge is 0.245 e. The fourth-order valence-electron chi connectivity index (χ4n) is 3.01. The molecule has 0 N–H and O–H groups in total. The summed E-state index contributed by atoms with van der Waals surface area (Å²) >= 11 is 1.65. The van der Waals surface area contributed by atoms with Crippen molar-refractivity contribution in [3.05, 3.63) is 5.69 Å². The van der Waals surface area contributed by atoms with Crippen molar-refractivity contribution < 1.29 is 4.79 Å². The van der Waals surface area contributed by atoms with Gasteiger partial charge in [0.15, 0.2) is 10.8 Å². The van der Waals surface area contributed by atoms with Gasteiger partial charge in [-0.25, -0.2) is 9.67 Å². The van der Waals surface area contributed by atoms with Crippen molar-refractivity contribution >= 4 is 32.7 Å². The maximum absolute atomic E-state index is 12.5. The van der Waals surface area contributed by atoms with Gasteiger partial charge in [0.25, 0.3) is 0 Å². The van der Waals surface area contributed by atoms with Gasteiger partial charge < -0.3 is 9.80 Å². The Labute approximate surface area is 134 Å². The van der Waals surface area contributed by atoms with E-state index in [2.05, 4.69) is 16.9 Å². The normalized spacial score (nSPS) is 19.5. The molecule has 0 unspecified atom stereocenters. The first-order valence-electron chi connectivity index (χ1n) is 7.84. The van der Waals surface area contributed by atoms with E-state index in [0.29, 0.717) is 0 Å². The van der Waals surface area contributed by atoms with Gasteiger partial charge in [0.1, 0.15) is 6.04 Å². The molecule has 7 heteroatoms. The second-order valence-electron chi connectivity index (χ2n) is 5.97. The molecule has 3 rings (SSSR count). The highest BCUT2D eigenvalue weighted by atomic mass is 32.1. The van der Waals surface area contributed by atoms with Crippen LogP contribution in [0.5, 0.6) is 0 Å². The largest absolute Gasteiger partial charge is 0.342 e. The Morgan fingerprint density at radius 3 is 2.77 bits per heavy atom. The second kappa shape index (κ2) is 5.87. The van der Waals surface area contributed by atoms with Crippen LogP contribution in [0.15, 0.2) is 0 Å². The standard InChI is InChI=1S/C15H23N5OS/c1-5-6-7-11-14(21)18(3)8-9-20(11)15-16-13-12(22-15)10(2)17-19(13)4/h11H,5-9H2,1-4H3/t11-/m0/s1. The lowest BCUT2D eigenvalue weighted by atomic mass is 10.1. The maximum atomic E-state index is 12.5. The van der Waals surface area contributed by atoms with E-state index in [4.69, 9.17) is 4.98 Å². The van der Waals surface area contributed by atoms with E-state index in [9.17, 15) is 4.79 Å². The molecular formula is C15H23N5OS. The van der Waals surface area contributed by atoms with E-state index in [-0.39, 0.29) is 11.9 Å². The minimum Gasteiger partial charge on any atom is -0.342 e. The summed E-state index contributed by atoms with van der Waals surface area (Å²) in [6.45, 7) is 5.78. The van der Waals surface area contributed by atoms with Crippen LogP contribution in [0.4, 0.5) is 5.13 Å². The van der Waals surface area contributed by atoms with E-state index in [1.165, 1.54) is 0 Å². The number of carbonyl (C=O) groups is 1. The number of carbonyl (C=O) groups excluding carboxylic acids is 1. The van der Waals surface area contributed by atoms with Gasteiger partial charge in [0, 0.05) is 27.2 Å². The van der Waals surface area contributed by atoms with Crippen molar-refractivity contribution in [3.63, 3.8) is 0 Å². The number of rotatable bonds is 4. The highest BCUT2D eigenvalue weighted by Gasteiger charge is 2.34. The average Bonchev–Trinajstić information content (AvgIpc) is 3.03. The lowest BCUT2D eigenvalue weighted by Crippen LogP contribution is -2.55. The van der Waals surface area contributed by atoms with Crippen LogP contribution in [-0.4, -0.2) is 51.8 Å². The van der Waals surface area contributed by atoms with Gasteiger partial charge in [-0.3, -0.25) is 4.79 Å². The van der Waals surface area contributed by atoms with Crippen molar-refractivity contribution in [1.82, 2.24) is 19.7 Å². The van der Waals surface area contributed by atoms with Crippen LogP contribution in [0.25, 0.3) is 10.3 Å². The molecule has 0 aromatic carbocycles. The average molecular weight is 321 g/mol. The number of hydrogen-bond acceptors (Lipinski definition) is 5. The van der Waals surface area contributed by atoms with Crippen molar-refractivity contribution in [2.75, 3.05) is 25.0 Å². The molecule has 2 aromatic heterocycles. The summed E-state index contributed by atoms with van der Waals surface area (Å²) in [6.07, 6.45) is 3.06. The van der Waals surface area contributed by atoms with Crippen molar-refractivity contribution in [2.24, 2.45) is 7.05 Å². The third-order valence-corrected chi connectivity index (χ3v) is 5.51. The van der Waals surface area contributed by atoms with E-state index in [1.807, 2.05) is 30.6 Å². The zero-order valence-corrected chi connectivity index (χ0v) is 14.5. The van der Waals surface area contributed by atoms with Gasteiger partial charge in [-0.05, 0) is 13.3 Å². The number of nitrogens with zero attached hydrogens (tertiary/aromatic N) is 5. The number of piperazine rings is 1. The number of hydrogen-bond donors (Lipinski definition) is 0. The molecule has 1 fully saturated rings. The number of unbranched alkanes of at least 4 members (excludes halogenated alkanes) is 1. The first kappa shape index (κ1) is 15.3. The number of fused-ring (bicyclic) bond motifs is 1. The zero-order chi connectivity index (χ0) is 15.9. The molecule has 1 amide bonds. The van der Waals surface area contributed by atoms with Crippen LogP contribution in [0.3, 0.4) is 0 Å². The third-order valence-electron chi connectivity index (χ3n) is 4.32. The monoisotopic (exact) mass is 321 g/mol. The van der Waals surface area contributed by atoms with Crippen LogP contribution < -0.4 is 4.90 Å². The van der Waals surface area contributed by atoms with Crippen molar-refractivity contribution in [2.45, 2.75) is 39.2 Å². The molecule has 0 radical (unpaired) electrons. The Morgan fingerprint density at radius 1 is 1.32 bits per heavy atom. The van der Waals surface area contributed by atoms with Gasteiger partial charge in [-0.15, -0.1) is 0 Å². The Kier molecular flexibility index (Phi) is 4.08. The van der Waals surface area contributed by atoms with Crippen LogP contribution in [0.1, 0.15) is 31.9 Å². The second-order valence-corrected chi connectivity index (χ2v) is 6.95. The van der Waals surface area contributed by atoms with Gasteiger partial charge in [-0.1, -0.05) is 31.1 Å². The van der Waals surface area contributed by atoms with E-state index in [1.54, 1.807) is 11.3 Å². The number of thiazole rings is 1. The number of anilines is 1. The lowest BCUT2D eigenvalue weighted by Gasteiger charge is -2.39. The molecular weight excluding hydrogens is 298 g/mol. The molecule has 1 aliphatic heterocycles. The predicted octanol–water partition coefficient (Wildman–Crippen LogP) is 2.18. The number of aromatic nitrogens is 3. The summed E-state index contributed by atoms with van der Waals surface area (Å²) < 4.78 is 2.95. The molecule has 1 atom stereocenters. The fourth-order valence-corrected chi connectivity index (χ4v) is 4.12. The predicted molar refractivity (Wildman–Crippen MR) is 89.4 cm³/mol. The number of aryl methyl sites for hydroxylation is 2. The summed E-state index contributed by atoms with van der Waals surface area (Å²) in [5, 5.41) is 5.36.